The summed E-state index contributed by atoms with van der Waals surface area (Å²) >= 11 is 0. The fraction of sp³-hybridized carbons (Fsp3) is 0.923. The highest BCUT2D eigenvalue weighted by Crippen LogP contribution is 2.22. The molecule has 1 fully saturated rings. The molecule has 5 nitrogen and oxygen atoms in total. The molecule has 0 aliphatic carbocycles. The Morgan fingerprint density at radius 1 is 1.42 bits per heavy atom. The van der Waals surface area contributed by atoms with E-state index >= 15 is 0 Å². The van der Waals surface area contributed by atoms with E-state index in [9.17, 15) is 13.2 Å². The minimum absolute atomic E-state index is 0.128. The minimum atomic E-state index is -3.27. The predicted octanol–water partition coefficient (Wildman–Crippen LogP) is 1.35. The Bertz CT molecular complexity index is 393. The molecule has 1 rings (SSSR count). The summed E-state index contributed by atoms with van der Waals surface area (Å²) in [5.41, 5.74) is 0. The molecule has 1 atom stereocenters. The molecule has 1 N–H and O–H groups in total. The summed E-state index contributed by atoms with van der Waals surface area (Å²) in [5, 5.41) is 2.86. The number of nitrogens with zero attached hydrogens (tertiary/aromatic N) is 1. The van der Waals surface area contributed by atoms with Gasteiger partial charge < -0.3 is 5.32 Å². The van der Waals surface area contributed by atoms with Crippen LogP contribution in [0.25, 0.3) is 0 Å². The number of amides is 1. The van der Waals surface area contributed by atoms with Crippen LogP contribution in [-0.4, -0.2) is 43.5 Å². The highest BCUT2D eigenvalue weighted by atomic mass is 32.2. The molecule has 1 unspecified atom stereocenters. The molecule has 1 aliphatic heterocycles. The molecule has 19 heavy (non-hydrogen) atoms. The molecular formula is C13H26N2O3S. The van der Waals surface area contributed by atoms with Gasteiger partial charge in [0, 0.05) is 13.1 Å². The van der Waals surface area contributed by atoms with E-state index in [4.69, 9.17) is 0 Å². The maximum atomic E-state index is 12.1. The number of carbonyl (C=O) groups is 1. The first kappa shape index (κ1) is 16.4. The van der Waals surface area contributed by atoms with Crippen LogP contribution in [0.1, 0.15) is 46.5 Å². The van der Waals surface area contributed by atoms with Crippen molar-refractivity contribution in [1.82, 2.24) is 9.62 Å². The largest absolute Gasteiger partial charge is 0.355 e. The average Bonchev–Trinajstić information content (AvgIpc) is 2.77. The molecular weight excluding hydrogens is 264 g/mol. The van der Waals surface area contributed by atoms with Gasteiger partial charge in [0.15, 0.2) is 0 Å². The number of hydrogen-bond acceptors (Lipinski definition) is 3. The van der Waals surface area contributed by atoms with Crippen LogP contribution in [0.4, 0.5) is 0 Å². The molecule has 0 aromatic carbocycles. The second-order valence-electron chi connectivity index (χ2n) is 5.56. The highest BCUT2D eigenvalue weighted by molar-refractivity contribution is 7.89. The number of rotatable bonds is 7. The molecule has 1 amide bonds. The van der Waals surface area contributed by atoms with Crippen LogP contribution in [0.2, 0.25) is 0 Å². The first-order chi connectivity index (χ1) is 8.88. The van der Waals surface area contributed by atoms with Crippen LogP contribution in [0, 0.1) is 5.92 Å². The van der Waals surface area contributed by atoms with Crippen molar-refractivity contribution in [2.75, 3.05) is 18.8 Å². The van der Waals surface area contributed by atoms with Crippen molar-refractivity contribution in [2.45, 2.75) is 52.5 Å². The van der Waals surface area contributed by atoms with Crippen molar-refractivity contribution in [2.24, 2.45) is 5.92 Å². The molecule has 0 saturated carbocycles. The van der Waals surface area contributed by atoms with Crippen LogP contribution in [0.3, 0.4) is 0 Å². The maximum Gasteiger partial charge on any atom is 0.238 e. The first-order valence-electron chi connectivity index (χ1n) is 7.15. The molecule has 0 aromatic rings. The van der Waals surface area contributed by atoms with Crippen LogP contribution in [0.15, 0.2) is 0 Å². The second kappa shape index (κ2) is 7.24. The van der Waals surface area contributed by atoms with Gasteiger partial charge in [0.05, 0.1) is 5.75 Å². The molecule has 0 spiro atoms. The molecule has 6 heteroatoms. The van der Waals surface area contributed by atoms with Gasteiger partial charge in [-0.15, -0.1) is 0 Å². The Morgan fingerprint density at radius 3 is 2.68 bits per heavy atom. The summed E-state index contributed by atoms with van der Waals surface area (Å²) in [5.74, 6) is 0.518. The summed E-state index contributed by atoms with van der Waals surface area (Å²) < 4.78 is 25.5. The predicted molar refractivity (Wildman–Crippen MR) is 76.3 cm³/mol. The molecule has 1 heterocycles. The second-order valence-corrected chi connectivity index (χ2v) is 7.60. The molecule has 0 bridgehead atoms. The lowest BCUT2D eigenvalue weighted by atomic mass is 10.1. The van der Waals surface area contributed by atoms with Gasteiger partial charge in [0.2, 0.25) is 15.9 Å². The maximum absolute atomic E-state index is 12.1. The number of sulfonamides is 1. The lowest BCUT2D eigenvalue weighted by Gasteiger charge is -2.23. The Hall–Kier alpha value is -0.620. The third-order valence-corrected chi connectivity index (χ3v) is 5.42. The first-order valence-corrected chi connectivity index (χ1v) is 8.76. The summed E-state index contributed by atoms with van der Waals surface area (Å²) in [6.45, 7) is 7.13. The molecule has 112 valence electrons. The van der Waals surface area contributed by atoms with E-state index < -0.39 is 16.1 Å². The zero-order valence-corrected chi connectivity index (χ0v) is 13.0. The molecule has 0 aromatic heterocycles. The Labute approximate surface area is 116 Å². The van der Waals surface area contributed by atoms with Gasteiger partial charge in [0.1, 0.15) is 6.04 Å². The lowest BCUT2D eigenvalue weighted by molar-refractivity contribution is -0.124. The van der Waals surface area contributed by atoms with E-state index in [-0.39, 0.29) is 11.7 Å². The quantitative estimate of drug-likeness (QED) is 0.769. The van der Waals surface area contributed by atoms with Gasteiger partial charge in [-0.25, -0.2) is 8.42 Å². The minimum Gasteiger partial charge on any atom is -0.355 e. The van der Waals surface area contributed by atoms with Crippen LogP contribution >= 0.6 is 0 Å². The van der Waals surface area contributed by atoms with Gasteiger partial charge in [-0.2, -0.15) is 4.31 Å². The highest BCUT2D eigenvalue weighted by Gasteiger charge is 2.37. The summed E-state index contributed by atoms with van der Waals surface area (Å²) in [6, 6.07) is -0.497. The third kappa shape index (κ3) is 4.76. The van der Waals surface area contributed by atoms with Gasteiger partial charge in [-0.1, -0.05) is 20.8 Å². The van der Waals surface area contributed by atoms with Gasteiger partial charge in [-0.3, -0.25) is 4.79 Å². The van der Waals surface area contributed by atoms with Crippen molar-refractivity contribution in [3.8, 4) is 0 Å². The number of nitrogens with one attached hydrogen (secondary N) is 1. The summed E-state index contributed by atoms with van der Waals surface area (Å²) in [6.07, 6.45) is 2.91. The van der Waals surface area contributed by atoms with Gasteiger partial charge >= 0.3 is 0 Å². The average molecular weight is 290 g/mol. The zero-order chi connectivity index (χ0) is 14.5. The van der Waals surface area contributed by atoms with Gasteiger partial charge in [-0.05, 0) is 31.6 Å². The third-order valence-electron chi connectivity index (χ3n) is 3.35. The molecule has 0 radical (unpaired) electrons. The monoisotopic (exact) mass is 290 g/mol. The van der Waals surface area contributed by atoms with E-state index in [0.29, 0.717) is 31.8 Å². The Morgan fingerprint density at radius 2 is 2.11 bits per heavy atom. The van der Waals surface area contributed by atoms with E-state index in [1.54, 1.807) is 0 Å². The van der Waals surface area contributed by atoms with E-state index in [1.807, 2.05) is 6.92 Å². The topological polar surface area (TPSA) is 66.5 Å². The van der Waals surface area contributed by atoms with Crippen LogP contribution in [0.5, 0.6) is 0 Å². The fourth-order valence-electron chi connectivity index (χ4n) is 2.31. The normalized spacial score (nSPS) is 20.9. The standard InChI is InChI=1S/C13H26N2O3S/c1-4-10-19(17,18)15-9-5-6-12(15)13(16)14-8-7-11(2)3/h11-12H,4-10H2,1-3H3,(H,14,16). The fourth-order valence-corrected chi connectivity index (χ4v) is 4.06. The van der Waals surface area contributed by atoms with Crippen LogP contribution in [-0.2, 0) is 14.8 Å². The summed E-state index contributed by atoms with van der Waals surface area (Å²) in [7, 11) is -3.27. The number of carbonyl (C=O) groups excluding carboxylic acids is 1. The van der Waals surface area contributed by atoms with Crippen molar-refractivity contribution in [3.63, 3.8) is 0 Å². The molecule has 1 saturated heterocycles. The Balaban J connectivity index is 2.58. The van der Waals surface area contributed by atoms with Crippen molar-refractivity contribution in [3.05, 3.63) is 0 Å². The van der Waals surface area contributed by atoms with Gasteiger partial charge in [0.25, 0.3) is 0 Å². The van der Waals surface area contributed by atoms with E-state index in [0.717, 1.165) is 12.8 Å². The SMILES string of the molecule is CCCS(=O)(=O)N1CCCC1C(=O)NCCC(C)C. The van der Waals surface area contributed by atoms with E-state index in [1.165, 1.54) is 4.31 Å². The number of hydrogen-bond donors (Lipinski definition) is 1. The Kier molecular flexibility index (Phi) is 6.26. The van der Waals surface area contributed by atoms with E-state index in [2.05, 4.69) is 19.2 Å². The zero-order valence-electron chi connectivity index (χ0n) is 12.2. The lowest BCUT2D eigenvalue weighted by Crippen LogP contribution is -2.46. The van der Waals surface area contributed by atoms with Crippen LogP contribution < -0.4 is 5.32 Å². The smallest absolute Gasteiger partial charge is 0.238 e. The van der Waals surface area contributed by atoms with Crippen molar-refractivity contribution < 1.29 is 13.2 Å². The van der Waals surface area contributed by atoms with Crippen molar-refractivity contribution >= 4 is 15.9 Å². The molecule has 1 aliphatic rings. The summed E-state index contributed by atoms with van der Waals surface area (Å²) in [4.78, 5) is 12.1. The van der Waals surface area contributed by atoms with Crippen molar-refractivity contribution in [1.29, 1.82) is 0 Å².